The van der Waals surface area contributed by atoms with Crippen LogP contribution in [0.5, 0.6) is 11.5 Å². The van der Waals surface area contributed by atoms with E-state index in [9.17, 15) is 9.90 Å². The fraction of sp³-hybridized carbons (Fsp3) is 0.188. The Morgan fingerprint density at radius 1 is 1.16 bits per heavy atom. The molecule has 3 nitrogen and oxygen atoms in total. The second-order valence-electron chi connectivity index (χ2n) is 4.30. The minimum Gasteiger partial charge on any atom is -0.507 e. The normalized spacial score (nSPS) is 10.2. The molecule has 0 fully saturated rings. The number of hydrogen-bond acceptors (Lipinski definition) is 3. The largest absolute Gasteiger partial charge is 0.507 e. The summed E-state index contributed by atoms with van der Waals surface area (Å²) >= 11 is 0. The van der Waals surface area contributed by atoms with Gasteiger partial charge in [-0.3, -0.25) is 4.79 Å². The summed E-state index contributed by atoms with van der Waals surface area (Å²) in [6.07, 6.45) is 0.653. The van der Waals surface area contributed by atoms with Crippen LogP contribution in [0, 0.1) is 6.92 Å². The van der Waals surface area contributed by atoms with E-state index in [-0.39, 0.29) is 5.75 Å². The Kier molecular flexibility index (Phi) is 3.85. The summed E-state index contributed by atoms with van der Waals surface area (Å²) in [4.78, 5) is 10.8. The maximum absolute atomic E-state index is 10.8. The van der Waals surface area contributed by atoms with Crippen LogP contribution in [0.2, 0.25) is 0 Å². The second-order valence-corrected chi connectivity index (χ2v) is 4.30. The first kappa shape index (κ1) is 13.1. The van der Waals surface area contributed by atoms with Crippen LogP contribution in [0.4, 0.5) is 0 Å². The molecule has 2 rings (SSSR count). The lowest BCUT2D eigenvalue weighted by atomic mass is 10.0. The van der Waals surface area contributed by atoms with E-state index >= 15 is 0 Å². The predicted molar refractivity (Wildman–Crippen MR) is 74.8 cm³/mol. The highest BCUT2D eigenvalue weighted by atomic mass is 16.5. The van der Waals surface area contributed by atoms with Crippen molar-refractivity contribution in [2.24, 2.45) is 0 Å². The van der Waals surface area contributed by atoms with E-state index in [2.05, 4.69) is 0 Å². The SMILES string of the molecule is CCOc1ccc(-c2ccc(O)c(C=O)c2)cc1C. The van der Waals surface area contributed by atoms with E-state index in [4.69, 9.17) is 4.74 Å². The maximum atomic E-state index is 10.8. The zero-order valence-electron chi connectivity index (χ0n) is 11.0. The molecule has 0 unspecified atom stereocenters. The summed E-state index contributed by atoms with van der Waals surface area (Å²) in [5.41, 5.74) is 3.22. The first-order valence-corrected chi connectivity index (χ1v) is 6.17. The minimum absolute atomic E-state index is 0.00130. The van der Waals surface area contributed by atoms with E-state index in [0.29, 0.717) is 18.5 Å². The fourth-order valence-electron chi connectivity index (χ4n) is 1.97. The number of aromatic hydroxyl groups is 1. The molecule has 0 radical (unpaired) electrons. The molecule has 0 aromatic heterocycles. The maximum Gasteiger partial charge on any atom is 0.153 e. The lowest BCUT2D eigenvalue weighted by molar-refractivity contribution is 0.112. The highest BCUT2D eigenvalue weighted by molar-refractivity contribution is 5.82. The topological polar surface area (TPSA) is 46.5 Å². The fourth-order valence-corrected chi connectivity index (χ4v) is 1.97. The number of aldehydes is 1. The number of ether oxygens (including phenoxy) is 1. The van der Waals surface area contributed by atoms with E-state index in [0.717, 1.165) is 22.4 Å². The Labute approximate surface area is 112 Å². The number of hydrogen-bond donors (Lipinski definition) is 1. The second kappa shape index (κ2) is 5.57. The summed E-state index contributed by atoms with van der Waals surface area (Å²) in [6.45, 7) is 4.56. The van der Waals surface area contributed by atoms with Crippen molar-refractivity contribution in [3.05, 3.63) is 47.5 Å². The van der Waals surface area contributed by atoms with Crippen molar-refractivity contribution in [2.75, 3.05) is 6.61 Å². The molecule has 0 aliphatic heterocycles. The van der Waals surface area contributed by atoms with Crippen LogP contribution in [0.3, 0.4) is 0 Å². The Balaban J connectivity index is 2.42. The average molecular weight is 256 g/mol. The first-order chi connectivity index (χ1) is 9.15. The highest BCUT2D eigenvalue weighted by Gasteiger charge is 2.06. The molecular formula is C16H16O3. The standard InChI is InChI=1S/C16H16O3/c1-3-19-16-7-5-12(8-11(16)2)13-4-6-15(18)14(9-13)10-17/h4-10,18H,3H2,1-2H3. The number of rotatable bonds is 4. The molecule has 0 aliphatic rings. The molecule has 2 aromatic rings. The number of benzene rings is 2. The van der Waals surface area contributed by atoms with Crippen LogP contribution in [-0.2, 0) is 0 Å². The summed E-state index contributed by atoms with van der Waals surface area (Å²) < 4.78 is 5.50. The van der Waals surface area contributed by atoms with Gasteiger partial charge in [0, 0.05) is 0 Å². The monoisotopic (exact) mass is 256 g/mol. The Bertz CT molecular complexity index is 603. The quantitative estimate of drug-likeness (QED) is 0.850. The van der Waals surface area contributed by atoms with Crippen molar-refractivity contribution >= 4 is 6.29 Å². The van der Waals surface area contributed by atoms with Gasteiger partial charge in [0.2, 0.25) is 0 Å². The molecule has 0 saturated heterocycles. The van der Waals surface area contributed by atoms with Crippen molar-refractivity contribution in [2.45, 2.75) is 13.8 Å². The number of phenols is 1. The van der Waals surface area contributed by atoms with Crippen molar-refractivity contribution in [3.8, 4) is 22.6 Å². The first-order valence-electron chi connectivity index (χ1n) is 6.17. The molecule has 0 bridgehead atoms. The lowest BCUT2D eigenvalue weighted by Crippen LogP contribution is -1.94. The van der Waals surface area contributed by atoms with Crippen molar-refractivity contribution in [1.29, 1.82) is 0 Å². The third-order valence-corrected chi connectivity index (χ3v) is 2.96. The molecule has 0 spiro atoms. The van der Waals surface area contributed by atoms with Crippen LogP contribution >= 0.6 is 0 Å². The van der Waals surface area contributed by atoms with Crippen LogP contribution in [-0.4, -0.2) is 18.0 Å². The number of carbonyl (C=O) groups is 1. The average Bonchev–Trinajstić information content (AvgIpc) is 2.42. The number of carbonyl (C=O) groups excluding carboxylic acids is 1. The van der Waals surface area contributed by atoms with E-state index in [1.807, 2.05) is 32.0 Å². The van der Waals surface area contributed by atoms with Gasteiger partial charge in [-0.1, -0.05) is 12.1 Å². The summed E-state index contributed by atoms with van der Waals surface area (Å²) in [7, 11) is 0. The molecule has 19 heavy (non-hydrogen) atoms. The van der Waals surface area contributed by atoms with Gasteiger partial charge in [0.15, 0.2) is 6.29 Å². The molecular weight excluding hydrogens is 240 g/mol. The lowest BCUT2D eigenvalue weighted by Gasteiger charge is -2.10. The molecule has 3 heteroatoms. The zero-order valence-corrected chi connectivity index (χ0v) is 11.0. The van der Waals surface area contributed by atoms with Gasteiger partial charge in [0.25, 0.3) is 0 Å². The van der Waals surface area contributed by atoms with Gasteiger partial charge >= 0.3 is 0 Å². The third-order valence-electron chi connectivity index (χ3n) is 2.96. The van der Waals surface area contributed by atoms with E-state index in [1.54, 1.807) is 12.1 Å². The smallest absolute Gasteiger partial charge is 0.153 e. The Morgan fingerprint density at radius 3 is 2.47 bits per heavy atom. The third kappa shape index (κ3) is 2.76. The molecule has 2 aromatic carbocycles. The molecule has 0 atom stereocenters. The van der Waals surface area contributed by atoms with Crippen molar-refractivity contribution < 1.29 is 14.6 Å². The Morgan fingerprint density at radius 2 is 1.84 bits per heavy atom. The number of phenolic OH excluding ortho intramolecular Hbond substituents is 1. The van der Waals surface area contributed by atoms with Gasteiger partial charge in [-0.25, -0.2) is 0 Å². The van der Waals surface area contributed by atoms with Crippen molar-refractivity contribution in [3.63, 3.8) is 0 Å². The summed E-state index contributed by atoms with van der Waals surface area (Å²) in [5, 5.41) is 9.50. The van der Waals surface area contributed by atoms with Gasteiger partial charge in [-0.05, 0) is 54.8 Å². The summed E-state index contributed by atoms with van der Waals surface area (Å²) in [6, 6.07) is 10.9. The van der Waals surface area contributed by atoms with Gasteiger partial charge in [-0.2, -0.15) is 0 Å². The minimum atomic E-state index is 0.00130. The van der Waals surface area contributed by atoms with Crippen LogP contribution in [0.1, 0.15) is 22.8 Å². The van der Waals surface area contributed by atoms with Gasteiger partial charge < -0.3 is 9.84 Å². The number of aryl methyl sites for hydroxylation is 1. The van der Waals surface area contributed by atoms with Gasteiger partial charge in [0.1, 0.15) is 11.5 Å². The van der Waals surface area contributed by atoms with Gasteiger partial charge in [-0.15, -0.1) is 0 Å². The van der Waals surface area contributed by atoms with E-state index in [1.165, 1.54) is 6.07 Å². The van der Waals surface area contributed by atoms with Crippen LogP contribution in [0.15, 0.2) is 36.4 Å². The van der Waals surface area contributed by atoms with Crippen LogP contribution < -0.4 is 4.74 Å². The molecule has 0 heterocycles. The molecule has 0 aliphatic carbocycles. The summed E-state index contributed by atoms with van der Waals surface area (Å²) in [5.74, 6) is 0.863. The molecule has 0 saturated carbocycles. The molecule has 98 valence electrons. The van der Waals surface area contributed by atoms with Gasteiger partial charge in [0.05, 0.1) is 12.2 Å². The van der Waals surface area contributed by atoms with Crippen molar-refractivity contribution in [1.82, 2.24) is 0 Å². The Hall–Kier alpha value is -2.29. The van der Waals surface area contributed by atoms with E-state index < -0.39 is 0 Å². The van der Waals surface area contributed by atoms with Crippen LogP contribution in [0.25, 0.3) is 11.1 Å². The zero-order chi connectivity index (χ0) is 13.8. The molecule has 0 amide bonds. The molecule has 1 N–H and O–H groups in total. The highest BCUT2D eigenvalue weighted by Crippen LogP contribution is 2.28. The predicted octanol–water partition coefficient (Wildman–Crippen LogP) is 3.58.